The van der Waals surface area contributed by atoms with E-state index >= 15 is 0 Å². The van der Waals surface area contributed by atoms with Crippen LogP contribution in [0.3, 0.4) is 0 Å². The molecule has 0 amide bonds. The molecule has 164 valence electrons. The molecule has 1 aromatic heterocycles. The van der Waals surface area contributed by atoms with Crippen LogP contribution in [-0.2, 0) is 6.54 Å². The third kappa shape index (κ3) is 4.24. The zero-order valence-electron chi connectivity index (χ0n) is 18.7. The van der Waals surface area contributed by atoms with Gasteiger partial charge in [0.05, 0.1) is 11.0 Å². The standard InChI is InChI=1S/C29H26ClN3/c1-3-17-31-20(2)23-13-16-27-28(18-23)33(19-21-11-14-24(30)15-12-21)29(32-27)26-10-6-8-22-7-4-5-9-25(22)26/h4-16,18,31H,2-3,17,19H2,1H3. The third-order valence-electron chi connectivity index (χ3n) is 5.97. The molecular weight excluding hydrogens is 426 g/mol. The van der Waals surface area contributed by atoms with Crippen LogP contribution in [0.25, 0.3) is 38.9 Å². The van der Waals surface area contributed by atoms with E-state index in [1.807, 2.05) is 12.1 Å². The maximum absolute atomic E-state index is 6.14. The first-order valence-corrected chi connectivity index (χ1v) is 11.7. The maximum atomic E-state index is 6.14. The second kappa shape index (κ2) is 9.13. The van der Waals surface area contributed by atoms with Gasteiger partial charge in [-0.3, -0.25) is 0 Å². The Morgan fingerprint density at radius 2 is 1.76 bits per heavy atom. The highest BCUT2D eigenvalue weighted by Gasteiger charge is 2.16. The van der Waals surface area contributed by atoms with Crippen molar-refractivity contribution in [3.05, 3.63) is 108 Å². The maximum Gasteiger partial charge on any atom is 0.142 e. The van der Waals surface area contributed by atoms with Gasteiger partial charge < -0.3 is 9.88 Å². The van der Waals surface area contributed by atoms with Gasteiger partial charge in [-0.2, -0.15) is 0 Å². The first-order chi connectivity index (χ1) is 16.1. The Bertz CT molecular complexity index is 1440. The van der Waals surface area contributed by atoms with Crippen LogP contribution in [0.2, 0.25) is 5.02 Å². The summed E-state index contributed by atoms with van der Waals surface area (Å²) >= 11 is 6.14. The van der Waals surface area contributed by atoms with Gasteiger partial charge in [0.2, 0.25) is 0 Å². The number of nitrogens with one attached hydrogen (secondary N) is 1. The number of fused-ring (bicyclic) bond motifs is 2. The van der Waals surface area contributed by atoms with E-state index in [1.165, 1.54) is 16.3 Å². The van der Waals surface area contributed by atoms with Crippen LogP contribution in [0.5, 0.6) is 0 Å². The smallest absolute Gasteiger partial charge is 0.142 e. The highest BCUT2D eigenvalue weighted by atomic mass is 35.5. The van der Waals surface area contributed by atoms with Crippen LogP contribution in [-0.4, -0.2) is 16.1 Å². The van der Waals surface area contributed by atoms with Crippen LogP contribution >= 0.6 is 11.6 Å². The largest absolute Gasteiger partial charge is 0.385 e. The normalized spacial score (nSPS) is 11.2. The van der Waals surface area contributed by atoms with Crippen molar-refractivity contribution >= 4 is 39.1 Å². The van der Waals surface area contributed by atoms with Crippen LogP contribution in [0.15, 0.2) is 91.5 Å². The lowest BCUT2D eigenvalue weighted by Crippen LogP contribution is -2.12. The first-order valence-electron chi connectivity index (χ1n) is 11.3. The van der Waals surface area contributed by atoms with E-state index in [1.54, 1.807) is 0 Å². The highest BCUT2D eigenvalue weighted by Crippen LogP contribution is 2.32. The molecule has 0 bridgehead atoms. The van der Waals surface area contributed by atoms with E-state index in [2.05, 4.69) is 96.2 Å². The van der Waals surface area contributed by atoms with Gasteiger partial charge >= 0.3 is 0 Å². The van der Waals surface area contributed by atoms with Crippen LogP contribution in [0.1, 0.15) is 24.5 Å². The van der Waals surface area contributed by atoms with Crippen molar-refractivity contribution in [1.29, 1.82) is 0 Å². The first kappa shape index (κ1) is 21.3. The number of nitrogens with zero attached hydrogens (tertiary/aromatic N) is 2. The van der Waals surface area contributed by atoms with Crippen LogP contribution in [0, 0.1) is 0 Å². The van der Waals surface area contributed by atoms with Crippen molar-refractivity contribution in [3.8, 4) is 11.4 Å². The number of hydrogen-bond acceptors (Lipinski definition) is 2. The Balaban J connectivity index is 1.70. The highest BCUT2D eigenvalue weighted by molar-refractivity contribution is 6.30. The van der Waals surface area contributed by atoms with Gasteiger partial charge in [0, 0.05) is 29.4 Å². The van der Waals surface area contributed by atoms with Gasteiger partial charge in [-0.25, -0.2) is 4.98 Å². The predicted molar refractivity (Wildman–Crippen MR) is 141 cm³/mol. The fourth-order valence-corrected chi connectivity index (χ4v) is 4.37. The Hall–Kier alpha value is -3.56. The van der Waals surface area contributed by atoms with Gasteiger partial charge in [0.15, 0.2) is 0 Å². The van der Waals surface area contributed by atoms with Gasteiger partial charge in [-0.1, -0.05) is 85.8 Å². The van der Waals surface area contributed by atoms with E-state index < -0.39 is 0 Å². The molecule has 0 aliphatic heterocycles. The summed E-state index contributed by atoms with van der Waals surface area (Å²) in [5, 5.41) is 6.56. The molecule has 33 heavy (non-hydrogen) atoms. The summed E-state index contributed by atoms with van der Waals surface area (Å²) in [4.78, 5) is 5.10. The molecule has 5 aromatic rings. The average molecular weight is 452 g/mol. The van der Waals surface area contributed by atoms with Crippen molar-refractivity contribution in [2.45, 2.75) is 19.9 Å². The molecule has 0 atom stereocenters. The van der Waals surface area contributed by atoms with E-state index in [-0.39, 0.29) is 0 Å². The third-order valence-corrected chi connectivity index (χ3v) is 6.22. The second-order valence-corrected chi connectivity index (χ2v) is 8.72. The molecule has 4 aromatic carbocycles. The average Bonchev–Trinajstić information content (AvgIpc) is 3.20. The quantitative estimate of drug-likeness (QED) is 0.277. The summed E-state index contributed by atoms with van der Waals surface area (Å²) in [6.45, 7) is 8.00. The number of rotatable bonds is 7. The number of imidazole rings is 1. The Morgan fingerprint density at radius 3 is 2.58 bits per heavy atom. The molecule has 0 unspecified atom stereocenters. The molecule has 1 N–H and O–H groups in total. The van der Waals surface area contributed by atoms with Gasteiger partial charge in [0.1, 0.15) is 5.82 Å². The van der Waals surface area contributed by atoms with Crippen molar-refractivity contribution < 1.29 is 0 Å². The predicted octanol–water partition coefficient (Wildman–Crippen LogP) is 7.53. The Kier molecular flexibility index (Phi) is 5.89. The molecule has 0 radical (unpaired) electrons. The van der Waals surface area contributed by atoms with Crippen molar-refractivity contribution in [2.24, 2.45) is 0 Å². The Morgan fingerprint density at radius 1 is 0.970 bits per heavy atom. The summed E-state index contributed by atoms with van der Waals surface area (Å²) in [5.74, 6) is 0.959. The molecular formula is C29H26ClN3. The minimum atomic E-state index is 0.699. The molecule has 5 rings (SSSR count). The number of halogens is 1. The van der Waals surface area contributed by atoms with Crippen LogP contribution < -0.4 is 5.32 Å². The van der Waals surface area contributed by atoms with Crippen LogP contribution in [0.4, 0.5) is 0 Å². The minimum Gasteiger partial charge on any atom is -0.385 e. The molecule has 4 heteroatoms. The summed E-state index contributed by atoms with van der Waals surface area (Å²) in [5.41, 5.74) is 6.38. The van der Waals surface area contributed by atoms with Crippen molar-refractivity contribution in [1.82, 2.24) is 14.9 Å². The van der Waals surface area contributed by atoms with Gasteiger partial charge in [-0.15, -0.1) is 0 Å². The van der Waals surface area contributed by atoms with E-state index in [0.29, 0.717) is 6.54 Å². The lowest BCUT2D eigenvalue weighted by Gasteiger charge is -2.13. The van der Waals surface area contributed by atoms with E-state index in [9.17, 15) is 0 Å². The van der Waals surface area contributed by atoms with Crippen molar-refractivity contribution in [2.75, 3.05) is 6.54 Å². The fourth-order valence-electron chi connectivity index (χ4n) is 4.25. The number of hydrogen-bond donors (Lipinski definition) is 1. The number of benzene rings is 4. The SMILES string of the molecule is C=C(NCCC)c1ccc2nc(-c3cccc4ccccc34)n(Cc3ccc(Cl)cc3)c2c1. The zero-order chi connectivity index (χ0) is 22.8. The zero-order valence-corrected chi connectivity index (χ0v) is 19.4. The second-order valence-electron chi connectivity index (χ2n) is 8.28. The molecule has 0 spiro atoms. The topological polar surface area (TPSA) is 29.9 Å². The lowest BCUT2D eigenvalue weighted by atomic mass is 10.0. The summed E-state index contributed by atoms with van der Waals surface area (Å²) < 4.78 is 2.30. The molecule has 3 nitrogen and oxygen atoms in total. The number of aromatic nitrogens is 2. The van der Waals surface area contributed by atoms with Crippen molar-refractivity contribution in [3.63, 3.8) is 0 Å². The lowest BCUT2D eigenvalue weighted by molar-refractivity contribution is 0.823. The Labute approximate surface area is 199 Å². The van der Waals surface area contributed by atoms with E-state index in [4.69, 9.17) is 16.6 Å². The van der Waals surface area contributed by atoms with Gasteiger partial charge in [0.25, 0.3) is 0 Å². The van der Waals surface area contributed by atoms with E-state index in [0.717, 1.165) is 51.7 Å². The molecule has 0 aliphatic carbocycles. The summed E-state index contributed by atoms with van der Waals surface area (Å²) in [6.07, 6.45) is 1.06. The minimum absolute atomic E-state index is 0.699. The van der Waals surface area contributed by atoms with Gasteiger partial charge in [-0.05, 0) is 52.6 Å². The molecule has 0 aliphatic rings. The molecule has 0 saturated heterocycles. The fraction of sp³-hybridized carbons (Fsp3) is 0.138. The molecule has 0 saturated carbocycles. The summed E-state index contributed by atoms with van der Waals surface area (Å²) in [6, 6.07) is 29.3. The molecule has 0 fully saturated rings. The molecule has 1 heterocycles. The monoisotopic (exact) mass is 451 g/mol. The summed E-state index contributed by atoms with van der Waals surface area (Å²) in [7, 11) is 0.